The molecule has 0 aliphatic heterocycles. The predicted octanol–water partition coefficient (Wildman–Crippen LogP) is 18.0. The van der Waals surface area contributed by atoms with Crippen LogP contribution in [0.5, 0.6) is 0 Å². The van der Waals surface area contributed by atoms with Crippen molar-refractivity contribution in [3.63, 3.8) is 0 Å². The molecule has 0 radical (unpaired) electrons. The van der Waals surface area contributed by atoms with Crippen molar-refractivity contribution in [1.82, 2.24) is 0 Å². The zero-order valence-electron chi connectivity index (χ0n) is 42.5. The van der Waals surface area contributed by atoms with Gasteiger partial charge < -0.3 is 14.2 Å². The van der Waals surface area contributed by atoms with Gasteiger partial charge in [-0.25, -0.2) is 0 Å². The highest BCUT2D eigenvalue weighted by Crippen LogP contribution is 2.14. The smallest absolute Gasteiger partial charge is 0.306 e. The van der Waals surface area contributed by atoms with Crippen molar-refractivity contribution in [2.24, 2.45) is 0 Å². The van der Waals surface area contributed by atoms with E-state index >= 15 is 0 Å². The molecule has 65 heavy (non-hydrogen) atoms. The molecule has 0 N–H and O–H groups in total. The van der Waals surface area contributed by atoms with Gasteiger partial charge in [-0.1, -0.05) is 215 Å². The minimum absolute atomic E-state index is 0.103. The molecule has 0 saturated carbocycles. The number of unbranched alkanes of at least 4 members (excludes halogenated alkanes) is 23. The third-order valence-electron chi connectivity index (χ3n) is 11.4. The molecule has 372 valence electrons. The third-order valence-corrected chi connectivity index (χ3v) is 11.4. The fourth-order valence-electron chi connectivity index (χ4n) is 7.28. The van der Waals surface area contributed by atoms with Gasteiger partial charge in [0.25, 0.3) is 0 Å². The quantitative estimate of drug-likeness (QED) is 0.0262. The van der Waals surface area contributed by atoms with Crippen molar-refractivity contribution in [2.75, 3.05) is 13.2 Å². The van der Waals surface area contributed by atoms with Crippen LogP contribution in [0.25, 0.3) is 0 Å². The molecule has 0 amide bonds. The molecule has 0 aromatic rings. The molecular formula is C59H100O6. The number of hydrogen-bond acceptors (Lipinski definition) is 6. The maximum absolute atomic E-state index is 12.8. The van der Waals surface area contributed by atoms with Gasteiger partial charge in [0.05, 0.1) is 0 Å². The van der Waals surface area contributed by atoms with Crippen LogP contribution in [0.1, 0.15) is 252 Å². The van der Waals surface area contributed by atoms with Crippen molar-refractivity contribution in [3.8, 4) is 0 Å². The Morgan fingerprint density at radius 3 is 1.05 bits per heavy atom. The number of esters is 3. The molecule has 0 aliphatic rings. The molecule has 1 unspecified atom stereocenters. The average molecular weight is 905 g/mol. The van der Waals surface area contributed by atoms with Gasteiger partial charge in [0, 0.05) is 19.3 Å². The lowest BCUT2D eigenvalue weighted by Gasteiger charge is -2.18. The lowest BCUT2D eigenvalue weighted by Crippen LogP contribution is -2.30. The van der Waals surface area contributed by atoms with Crippen molar-refractivity contribution in [1.29, 1.82) is 0 Å². The first-order valence-corrected chi connectivity index (χ1v) is 27.1. The van der Waals surface area contributed by atoms with Crippen molar-refractivity contribution >= 4 is 17.9 Å². The van der Waals surface area contributed by atoms with Crippen molar-refractivity contribution in [3.05, 3.63) is 85.1 Å². The summed E-state index contributed by atoms with van der Waals surface area (Å²) in [6.45, 7) is 6.43. The van der Waals surface area contributed by atoms with E-state index in [9.17, 15) is 14.4 Å². The second-order valence-electron chi connectivity index (χ2n) is 17.7. The Kier molecular flexibility index (Phi) is 50.4. The Morgan fingerprint density at radius 2 is 0.631 bits per heavy atom. The standard InChI is InChI=1S/C59H100O6/c1-4-7-10-13-16-19-22-24-26-28-29-31-32-34-37-40-43-46-49-52-58(61)64-55-56(54-63-57(60)51-48-45-42-39-36-21-18-15-12-9-6-3)65-59(62)53-50-47-44-41-38-35-33-30-27-25-23-20-17-14-11-8-5-2/h8,11,15,17-18,20,24-27,33,35,41,44,56H,4-7,9-10,12-14,16,19,21-23,28-32,34,36-40,42-43,45-55H2,1-3H3/b11-8-,18-15-,20-17-,26-24-,27-25-,35-33-,44-41-. The van der Waals surface area contributed by atoms with E-state index in [-0.39, 0.29) is 37.5 Å². The molecule has 0 aromatic carbocycles. The molecular weight excluding hydrogens is 805 g/mol. The first-order chi connectivity index (χ1) is 32.0. The van der Waals surface area contributed by atoms with Gasteiger partial charge in [-0.3, -0.25) is 14.4 Å². The molecule has 0 spiro atoms. The molecule has 6 nitrogen and oxygen atoms in total. The number of hydrogen-bond donors (Lipinski definition) is 0. The van der Waals surface area contributed by atoms with E-state index in [2.05, 4.69) is 106 Å². The topological polar surface area (TPSA) is 78.9 Å². The Hall–Kier alpha value is -3.41. The maximum atomic E-state index is 12.8. The number of carbonyl (C=O) groups is 3. The van der Waals surface area contributed by atoms with Gasteiger partial charge in [-0.2, -0.15) is 0 Å². The second-order valence-corrected chi connectivity index (χ2v) is 17.7. The van der Waals surface area contributed by atoms with E-state index in [1.807, 2.05) is 0 Å². The Bertz CT molecular complexity index is 1270. The summed E-state index contributed by atoms with van der Waals surface area (Å²) in [5, 5.41) is 0. The lowest BCUT2D eigenvalue weighted by molar-refractivity contribution is -0.167. The molecule has 0 aromatic heterocycles. The van der Waals surface area contributed by atoms with E-state index in [1.54, 1.807) is 0 Å². The van der Waals surface area contributed by atoms with E-state index in [4.69, 9.17) is 14.2 Å². The highest BCUT2D eigenvalue weighted by molar-refractivity contribution is 5.71. The maximum Gasteiger partial charge on any atom is 0.306 e. The fourth-order valence-corrected chi connectivity index (χ4v) is 7.28. The molecule has 0 rings (SSSR count). The summed E-state index contributed by atoms with van der Waals surface area (Å²) < 4.78 is 16.8. The van der Waals surface area contributed by atoms with Crippen LogP contribution in [-0.2, 0) is 28.6 Å². The van der Waals surface area contributed by atoms with Crippen LogP contribution in [0.2, 0.25) is 0 Å². The number of rotatable bonds is 48. The molecule has 0 bridgehead atoms. The van der Waals surface area contributed by atoms with Gasteiger partial charge in [0.2, 0.25) is 0 Å². The Labute approximate surface area is 401 Å². The van der Waals surface area contributed by atoms with E-state index in [0.29, 0.717) is 19.3 Å². The highest BCUT2D eigenvalue weighted by Gasteiger charge is 2.19. The van der Waals surface area contributed by atoms with Crippen molar-refractivity contribution < 1.29 is 28.6 Å². The minimum atomic E-state index is -0.810. The van der Waals surface area contributed by atoms with Crippen LogP contribution in [0.15, 0.2) is 85.1 Å². The predicted molar refractivity (Wildman–Crippen MR) is 279 cm³/mol. The second kappa shape index (κ2) is 53.2. The molecule has 0 heterocycles. The molecule has 6 heteroatoms. The van der Waals surface area contributed by atoms with Gasteiger partial charge in [0.15, 0.2) is 6.10 Å². The Balaban J connectivity index is 4.43. The fraction of sp³-hybridized carbons (Fsp3) is 0.712. The highest BCUT2D eigenvalue weighted by atomic mass is 16.6. The molecule has 0 saturated heterocycles. The minimum Gasteiger partial charge on any atom is -0.462 e. The van der Waals surface area contributed by atoms with Gasteiger partial charge in [-0.05, 0) is 103 Å². The van der Waals surface area contributed by atoms with Gasteiger partial charge in [-0.15, -0.1) is 0 Å². The summed E-state index contributed by atoms with van der Waals surface area (Å²) in [4.78, 5) is 38.0. The van der Waals surface area contributed by atoms with E-state index in [1.165, 1.54) is 116 Å². The van der Waals surface area contributed by atoms with Crippen LogP contribution in [0.3, 0.4) is 0 Å². The molecule has 0 fully saturated rings. The van der Waals surface area contributed by atoms with Gasteiger partial charge in [0.1, 0.15) is 13.2 Å². The van der Waals surface area contributed by atoms with Crippen LogP contribution in [0.4, 0.5) is 0 Å². The monoisotopic (exact) mass is 905 g/mol. The first kappa shape index (κ1) is 61.6. The summed E-state index contributed by atoms with van der Waals surface area (Å²) in [5.41, 5.74) is 0. The van der Waals surface area contributed by atoms with Crippen LogP contribution in [-0.4, -0.2) is 37.2 Å². The zero-order valence-corrected chi connectivity index (χ0v) is 42.5. The first-order valence-electron chi connectivity index (χ1n) is 27.1. The van der Waals surface area contributed by atoms with Gasteiger partial charge >= 0.3 is 17.9 Å². The summed E-state index contributed by atoms with van der Waals surface area (Å²) in [6, 6.07) is 0. The summed E-state index contributed by atoms with van der Waals surface area (Å²) in [7, 11) is 0. The Morgan fingerprint density at radius 1 is 0.323 bits per heavy atom. The third kappa shape index (κ3) is 51.4. The lowest BCUT2D eigenvalue weighted by atomic mass is 10.1. The number of carbonyl (C=O) groups excluding carboxylic acids is 3. The molecule has 0 aliphatic carbocycles. The van der Waals surface area contributed by atoms with Crippen LogP contribution in [0, 0.1) is 0 Å². The number of ether oxygens (including phenoxy) is 3. The summed E-state index contributed by atoms with van der Waals surface area (Å²) in [5.74, 6) is -0.973. The number of allylic oxidation sites excluding steroid dienone is 14. The normalized spacial score (nSPS) is 12.7. The largest absolute Gasteiger partial charge is 0.462 e. The SMILES string of the molecule is CC/C=C\C/C=C\C/C=C\C/C=C\C/C=C\CCCC(=O)OC(COC(=O)CCCCCCC/C=C\CCCC)COC(=O)CCCCCCCCCCC/C=C\CCCCCCCC. The van der Waals surface area contributed by atoms with Crippen molar-refractivity contribution in [2.45, 2.75) is 258 Å². The summed E-state index contributed by atoms with van der Waals surface area (Å²) in [6.07, 6.45) is 68.6. The molecule has 1 atom stereocenters. The van der Waals surface area contributed by atoms with Crippen LogP contribution < -0.4 is 0 Å². The van der Waals surface area contributed by atoms with E-state index < -0.39 is 6.10 Å². The summed E-state index contributed by atoms with van der Waals surface area (Å²) >= 11 is 0. The zero-order chi connectivity index (χ0) is 47.2. The van der Waals surface area contributed by atoms with E-state index in [0.717, 1.165) is 89.9 Å². The van der Waals surface area contributed by atoms with Crippen LogP contribution >= 0.6 is 0 Å². The average Bonchev–Trinajstić information content (AvgIpc) is 3.30.